The van der Waals surface area contributed by atoms with E-state index in [0.717, 1.165) is 0 Å². The van der Waals surface area contributed by atoms with Crippen LogP contribution in [0.25, 0.3) is 0 Å². The molecule has 25 N–H and O–H groups in total. The van der Waals surface area contributed by atoms with Gasteiger partial charge in [-0.1, -0.05) is 70.9 Å². The monoisotopic (exact) mass is 1180 g/mol. The Morgan fingerprint density at radius 1 is 0.488 bits per heavy atom. The summed E-state index contributed by atoms with van der Waals surface area (Å²) >= 11 is 4.05. The van der Waals surface area contributed by atoms with Crippen LogP contribution in [0.15, 0.2) is 45.3 Å². The smallest absolute Gasteiger partial charge is 0.305 e. The molecule has 82 heavy (non-hydrogen) atoms. The van der Waals surface area contributed by atoms with Crippen LogP contribution in [0.3, 0.4) is 0 Å². The molecule has 32 heteroatoms. The molecule has 0 saturated heterocycles. The first-order valence-corrected chi connectivity index (χ1v) is 27.2. The molecule has 9 amide bonds. The first-order valence-electron chi connectivity index (χ1n) is 26.6. The van der Waals surface area contributed by atoms with Gasteiger partial charge < -0.3 is 93.5 Å². The van der Waals surface area contributed by atoms with Gasteiger partial charge in [-0.25, -0.2) is 0 Å². The summed E-state index contributed by atoms with van der Waals surface area (Å²) in [6.45, 7) is 8.11. The maximum Gasteiger partial charge on any atom is 0.305 e. The molecule has 1 rings (SSSR count). The molecule has 0 aliphatic heterocycles. The summed E-state index contributed by atoms with van der Waals surface area (Å²) in [6, 6.07) is -4.41. The summed E-state index contributed by atoms with van der Waals surface area (Å²) in [7, 11) is 0. The van der Waals surface area contributed by atoms with Gasteiger partial charge in [0.2, 0.25) is 53.0 Å². The van der Waals surface area contributed by atoms with Crippen molar-refractivity contribution in [1.29, 1.82) is 0 Å². The van der Waals surface area contributed by atoms with E-state index in [-0.39, 0.29) is 101 Å². The average molecular weight is 1180 g/mol. The normalized spacial score (nSPS) is 14.9. The number of ketones is 1. The molecule has 0 heterocycles. The molecule has 0 unspecified atom stereocenters. The number of carbonyl (C=O) groups excluding carboxylic acids is 10. The van der Waals surface area contributed by atoms with Crippen molar-refractivity contribution in [3.63, 3.8) is 0 Å². The Morgan fingerprint density at radius 2 is 0.829 bits per heavy atom. The summed E-state index contributed by atoms with van der Waals surface area (Å²) in [5.41, 5.74) is 44.3. The van der Waals surface area contributed by atoms with E-state index in [9.17, 15) is 57.8 Å². The van der Waals surface area contributed by atoms with Gasteiger partial charge in [0.25, 0.3) is 5.91 Å². The van der Waals surface area contributed by atoms with Gasteiger partial charge in [-0.2, -0.15) is 12.6 Å². The van der Waals surface area contributed by atoms with Gasteiger partial charge in [0, 0.05) is 31.8 Å². The molecule has 11 atom stereocenters. The molecule has 1 aromatic rings. The van der Waals surface area contributed by atoms with Crippen molar-refractivity contribution < 1.29 is 57.8 Å². The van der Waals surface area contributed by atoms with Gasteiger partial charge in [0.15, 0.2) is 17.9 Å². The summed E-state index contributed by atoms with van der Waals surface area (Å²) in [4.78, 5) is 160. The Balaban J connectivity index is 3.72. The van der Waals surface area contributed by atoms with Crippen LogP contribution in [0.1, 0.15) is 98.0 Å². The fourth-order valence-corrected chi connectivity index (χ4v) is 7.94. The number of primary amides is 1. The molecule has 1 aromatic carbocycles. The number of hydrogen-bond donors (Lipinski definition) is 18. The van der Waals surface area contributed by atoms with Gasteiger partial charge >= 0.3 is 5.97 Å². The Hall–Kier alpha value is -8.29. The van der Waals surface area contributed by atoms with E-state index in [1.165, 1.54) is 6.92 Å². The summed E-state index contributed by atoms with van der Waals surface area (Å²) in [6.07, 6.45) is -0.577. The zero-order valence-corrected chi connectivity index (χ0v) is 47.9. The van der Waals surface area contributed by atoms with Crippen molar-refractivity contribution in [3.8, 4) is 0 Å². The number of thiol groups is 1. The molecule has 0 aliphatic carbocycles. The third-order valence-electron chi connectivity index (χ3n) is 12.7. The highest BCUT2D eigenvalue weighted by Crippen LogP contribution is 2.15. The number of benzene rings is 1. The number of aliphatic imine (C=N–C) groups is 3. The molecule has 0 spiro atoms. The van der Waals surface area contributed by atoms with E-state index in [1.54, 1.807) is 58.0 Å². The molecule has 0 bridgehead atoms. The Kier molecular flexibility index (Phi) is 32.9. The van der Waals surface area contributed by atoms with Crippen LogP contribution in [0.5, 0.6) is 0 Å². The molecular formula is C50H85N19O12S. The number of carboxylic acid groups (broad SMARTS) is 1. The van der Waals surface area contributed by atoms with Crippen LogP contribution in [0.4, 0.5) is 0 Å². The van der Waals surface area contributed by atoms with Gasteiger partial charge in [-0.3, -0.25) is 67.7 Å². The maximum atomic E-state index is 14.5. The van der Waals surface area contributed by atoms with Crippen molar-refractivity contribution in [3.05, 3.63) is 35.9 Å². The zero-order chi connectivity index (χ0) is 62.2. The second-order valence-electron chi connectivity index (χ2n) is 19.4. The predicted octanol–water partition coefficient (Wildman–Crippen LogP) is -5.83. The Labute approximate surface area is 481 Å². The average Bonchev–Trinajstić information content (AvgIpc) is 3.50. The van der Waals surface area contributed by atoms with Crippen molar-refractivity contribution in [2.75, 3.05) is 25.4 Å². The molecule has 0 saturated carbocycles. The summed E-state index contributed by atoms with van der Waals surface area (Å²) in [5.74, 6) is -13.7. The van der Waals surface area contributed by atoms with Crippen molar-refractivity contribution >= 4 is 95.4 Å². The van der Waals surface area contributed by atoms with Gasteiger partial charge in [-0.05, 0) is 62.8 Å². The van der Waals surface area contributed by atoms with E-state index in [0.29, 0.717) is 5.56 Å². The highest BCUT2D eigenvalue weighted by molar-refractivity contribution is 7.80. The van der Waals surface area contributed by atoms with Crippen LogP contribution in [-0.2, 0) is 59.2 Å². The lowest BCUT2D eigenvalue weighted by Crippen LogP contribution is -2.62. The number of carbonyl (C=O) groups is 11. The lowest BCUT2D eigenvalue weighted by atomic mass is 9.96. The first kappa shape index (κ1) is 71.7. The lowest BCUT2D eigenvalue weighted by molar-refractivity contribution is -0.142. The summed E-state index contributed by atoms with van der Waals surface area (Å²) < 4.78 is 0. The number of nitrogens with one attached hydrogen (secondary N) is 8. The van der Waals surface area contributed by atoms with Gasteiger partial charge in [0.05, 0.1) is 12.5 Å². The predicted molar refractivity (Wildman–Crippen MR) is 308 cm³/mol. The molecular weight excluding hydrogens is 1090 g/mol. The maximum absolute atomic E-state index is 14.5. The van der Waals surface area contributed by atoms with E-state index < -0.39 is 138 Å². The van der Waals surface area contributed by atoms with E-state index in [1.807, 2.05) is 0 Å². The molecule has 0 aromatic heterocycles. The largest absolute Gasteiger partial charge is 0.481 e. The van der Waals surface area contributed by atoms with Crippen LogP contribution >= 0.6 is 12.6 Å². The number of Topliss-reactive ketones (excluding diaryl/α,β-unsaturated/α-hetero) is 1. The number of nitrogens with two attached hydrogens (primary N) is 8. The van der Waals surface area contributed by atoms with Crippen LogP contribution in [0.2, 0.25) is 0 Å². The molecule has 0 aliphatic rings. The minimum atomic E-state index is -1.87. The minimum Gasteiger partial charge on any atom is -0.481 e. The fourth-order valence-electron chi connectivity index (χ4n) is 7.68. The van der Waals surface area contributed by atoms with Crippen LogP contribution in [-0.4, -0.2) is 168 Å². The molecule has 31 nitrogen and oxygen atoms in total. The number of guanidine groups is 3. The Bertz CT molecular complexity index is 2420. The standard InChI is InChI=1S/C50H85N19O12S/c1-6-25(3)36(46(80)65-32(22-28-14-9-8-10-15-28)44(78)63-29(16-11-19-59-48(53)54)41(75)67-34(24-82)38(72)39(52)73)69-43(77)31(18-13-21-61-50(57)58)64-45(79)33(23-35(70)71)66-47(81)37(26(4)7-2)68-42(76)30(62-40(74)27(5)51)17-12-20-60-49(55)56/h8-10,14-15,25-27,29-34,36-37,82H,6-7,11-13,16-24,51H2,1-5H3,(H2,52,73)(H,62,74)(H,63,78)(H,64,79)(H,65,80)(H,66,81)(H,67,75)(H,68,76)(H,69,77)(H,70,71)(H4,53,54,59)(H4,55,56,60)(H4,57,58,61)/t25-,26-,27-,29-,30-,31-,32-,33-,34-,36-,37-/m0/s1. The molecule has 0 radical (unpaired) electrons. The lowest BCUT2D eigenvalue weighted by Gasteiger charge is -2.30. The van der Waals surface area contributed by atoms with Crippen LogP contribution < -0.4 is 88.4 Å². The van der Waals surface area contributed by atoms with Crippen molar-refractivity contribution in [2.45, 2.75) is 153 Å². The number of nitrogens with zero attached hydrogens (tertiary/aromatic N) is 3. The number of amides is 9. The second kappa shape index (κ2) is 37.6. The number of rotatable bonds is 39. The topological polar surface area (TPSA) is 549 Å². The summed E-state index contributed by atoms with van der Waals surface area (Å²) in [5, 5.41) is 30.3. The van der Waals surface area contributed by atoms with E-state index in [4.69, 9.17) is 45.9 Å². The zero-order valence-electron chi connectivity index (χ0n) is 47.0. The van der Waals surface area contributed by atoms with Crippen molar-refractivity contribution in [2.24, 2.45) is 72.7 Å². The SMILES string of the molecule is CC[C@H](C)[C@H](NC(=O)[C@H](CCCN=C(N)N)NC(=O)[C@H](C)N)C(=O)N[C@@H](CC(=O)O)C(=O)N[C@@H](CCCN=C(N)N)C(=O)N[C@H](C(=O)N[C@@H](Cc1ccccc1)C(=O)N[C@@H](CCCN=C(N)N)C(=O)N[C@@H](CS)C(=O)C(N)=O)[C@@H](C)CC. The van der Waals surface area contributed by atoms with E-state index in [2.05, 4.69) is 70.1 Å². The van der Waals surface area contributed by atoms with Crippen LogP contribution in [0, 0.1) is 11.8 Å². The third-order valence-corrected chi connectivity index (χ3v) is 13.1. The first-order chi connectivity index (χ1) is 38.6. The second-order valence-corrected chi connectivity index (χ2v) is 19.8. The fraction of sp³-hybridized carbons (Fsp3) is 0.600. The highest BCUT2D eigenvalue weighted by Gasteiger charge is 2.37. The minimum absolute atomic E-state index is 0.00405. The number of carboxylic acids is 1. The molecule has 0 fully saturated rings. The number of aliphatic carboxylic acids is 1. The Morgan fingerprint density at radius 3 is 1.18 bits per heavy atom. The van der Waals surface area contributed by atoms with E-state index >= 15 is 0 Å². The van der Waals surface area contributed by atoms with Gasteiger partial charge in [-0.15, -0.1) is 0 Å². The van der Waals surface area contributed by atoms with Crippen molar-refractivity contribution in [1.82, 2.24) is 42.5 Å². The highest BCUT2D eigenvalue weighted by atomic mass is 32.1. The van der Waals surface area contributed by atoms with Gasteiger partial charge in [0.1, 0.15) is 48.3 Å². The quantitative estimate of drug-likeness (QED) is 0.00960. The number of hydrogen-bond acceptors (Lipinski definition) is 16. The third kappa shape index (κ3) is 27.2. The molecule has 458 valence electrons.